The molecule has 0 fully saturated rings. The normalized spacial score (nSPS) is 11.0. The van der Waals surface area contributed by atoms with Gasteiger partial charge >= 0.3 is 0 Å². The molecule has 1 aromatic heterocycles. The maximum Gasteiger partial charge on any atom is 0.251 e. The molecule has 1 heterocycles. The summed E-state index contributed by atoms with van der Waals surface area (Å²) in [6, 6.07) is 16.4. The van der Waals surface area contributed by atoms with Crippen LogP contribution in [0.25, 0.3) is 10.9 Å². The molecule has 0 aliphatic rings. The molecule has 2 aromatic carbocycles. The highest BCUT2D eigenvalue weighted by molar-refractivity contribution is 5.99. The Bertz CT molecular complexity index is 897. The molecule has 0 saturated carbocycles. The van der Waals surface area contributed by atoms with Gasteiger partial charge in [-0.2, -0.15) is 0 Å². The average molecular weight is 350 g/mol. The molecule has 3 rings (SSSR count). The Morgan fingerprint density at radius 1 is 1.12 bits per heavy atom. The Balaban J connectivity index is 1.86. The van der Waals surface area contributed by atoms with Crippen molar-refractivity contribution in [3.63, 3.8) is 0 Å². The Morgan fingerprint density at radius 3 is 2.62 bits per heavy atom. The lowest BCUT2D eigenvalue weighted by atomic mass is 10.1. The number of aromatic nitrogens is 1. The lowest BCUT2D eigenvalue weighted by molar-refractivity contribution is 0.0948. The first-order chi connectivity index (χ1) is 12.6. The number of hydrogen-bond acceptors (Lipinski definition) is 2. The number of hydrogen-bond donors (Lipinski definition) is 1. The standard InChI is InChI=1S/C22H26N2O2/c1-16-17(2)24(15-18-8-5-4-6-9-18)21-11-10-19(14-20(16)21)22(25)23-12-7-13-26-3/h4-6,8-11,14H,7,12-13,15H2,1-3H3,(H,23,25). The fraction of sp³-hybridized carbons (Fsp3) is 0.318. The predicted octanol–water partition coefficient (Wildman–Crippen LogP) is 4.07. The number of fused-ring (bicyclic) bond motifs is 1. The number of carbonyl (C=O) groups is 1. The Kier molecular flexibility index (Phi) is 5.74. The van der Waals surface area contributed by atoms with E-state index in [0.717, 1.165) is 18.4 Å². The maximum atomic E-state index is 12.4. The van der Waals surface area contributed by atoms with Crippen LogP contribution >= 0.6 is 0 Å². The van der Waals surface area contributed by atoms with Crippen molar-refractivity contribution in [3.8, 4) is 0 Å². The molecule has 4 nitrogen and oxygen atoms in total. The quantitative estimate of drug-likeness (QED) is 0.653. The van der Waals surface area contributed by atoms with Gasteiger partial charge in [0.25, 0.3) is 5.91 Å². The van der Waals surface area contributed by atoms with Gasteiger partial charge < -0.3 is 14.6 Å². The number of ether oxygens (including phenoxy) is 1. The summed E-state index contributed by atoms with van der Waals surface area (Å²) in [6.45, 7) is 6.37. The first-order valence-corrected chi connectivity index (χ1v) is 9.02. The summed E-state index contributed by atoms with van der Waals surface area (Å²) in [4.78, 5) is 12.4. The van der Waals surface area contributed by atoms with Gasteiger partial charge in [0.1, 0.15) is 0 Å². The molecule has 0 aliphatic heterocycles. The first-order valence-electron chi connectivity index (χ1n) is 9.02. The molecule has 0 spiro atoms. The summed E-state index contributed by atoms with van der Waals surface area (Å²) >= 11 is 0. The Morgan fingerprint density at radius 2 is 1.88 bits per heavy atom. The number of methoxy groups -OCH3 is 1. The highest BCUT2D eigenvalue weighted by atomic mass is 16.5. The molecule has 0 saturated heterocycles. The van der Waals surface area contributed by atoms with Crippen LogP contribution in [-0.4, -0.2) is 30.7 Å². The van der Waals surface area contributed by atoms with Crippen molar-refractivity contribution in [2.24, 2.45) is 0 Å². The van der Waals surface area contributed by atoms with Crippen LogP contribution in [0.5, 0.6) is 0 Å². The topological polar surface area (TPSA) is 43.3 Å². The largest absolute Gasteiger partial charge is 0.385 e. The molecule has 4 heteroatoms. The summed E-state index contributed by atoms with van der Waals surface area (Å²) in [5.41, 5.74) is 5.61. The average Bonchev–Trinajstić information content (AvgIpc) is 2.90. The second-order valence-electron chi connectivity index (χ2n) is 6.62. The minimum absolute atomic E-state index is 0.0316. The van der Waals surface area contributed by atoms with Crippen LogP contribution in [0, 0.1) is 13.8 Å². The molecular weight excluding hydrogens is 324 g/mol. The molecule has 26 heavy (non-hydrogen) atoms. The molecule has 0 unspecified atom stereocenters. The zero-order chi connectivity index (χ0) is 18.5. The van der Waals surface area contributed by atoms with Crippen molar-refractivity contribution in [3.05, 3.63) is 70.9 Å². The van der Waals surface area contributed by atoms with Crippen LogP contribution in [0.2, 0.25) is 0 Å². The van der Waals surface area contributed by atoms with Gasteiger partial charge in [0.15, 0.2) is 0 Å². The molecule has 0 bridgehead atoms. The number of nitrogens with zero attached hydrogens (tertiary/aromatic N) is 1. The molecule has 3 aromatic rings. The van der Waals surface area contributed by atoms with E-state index in [1.54, 1.807) is 7.11 Å². The number of aryl methyl sites for hydroxylation is 1. The first kappa shape index (κ1) is 18.2. The van der Waals surface area contributed by atoms with E-state index in [9.17, 15) is 4.79 Å². The van der Waals surface area contributed by atoms with Crippen molar-refractivity contribution in [2.45, 2.75) is 26.8 Å². The highest BCUT2D eigenvalue weighted by Crippen LogP contribution is 2.27. The van der Waals surface area contributed by atoms with E-state index in [0.29, 0.717) is 18.7 Å². The summed E-state index contributed by atoms with van der Waals surface area (Å²) in [6.07, 6.45) is 0.816. The van der Waals surface area contributed by atoms with Gasteiger partial charge in [-0.25, -0.2) is 0 Å². The van der Waals surface area contributed by atoms with Crippen LogP contribution in [0.1, 0.15) is 33.6 Å². The SMILES string of the molecule is COCCCNC(=O)c1ccc2c(c1)c(C)c(C)n2Cc1ccccc1. The summed E-state index contributed by atoms with van der Waals surface area (Å²) in [5, 5.41) is 4.10. The van der Waals surface area contributed by atoms with E-state index >= 15 is 0 Å². The number of benzene rings is 2. The van der Waals surface area contributed by atoms with Crippen LogP contribution in [-0.2, 0) is 11.3 Å². The van der Waals surface area contributed by atoms with E-state index < -0.39 is 0 Å². The minimum atomic E-state index is -0.0316. The van der Waals surface area contributed by atoms with E-state index in [1.807, 2.05) is 18.2 Å². The monoisotopic (exact) mass is 350 g/mol. The van der Waals surface area contributed by atoms with Gasteiger partial charge in [0, 0.05) is 49.0 Å². The van der Waals surface area contributed by atoms with Crippen molar-refractivity contribution in [2.75, 3.05) is 20.3 Å². The summed E-state index contributed by atoms with van der Waals surface area (Å²) in [5.74, 6) is -0.0316. The lowest BCUT2D eigenvalue weighted by Gasteiger charge is -2.09. The van der Waals surface area contributed by atoms with Crippen LogP contribution < -0.4 is 5.32 Å². The van der Waals surface area contributed by atoms with Gasteiger partial charge in [-0.3, -0.25) is 4.79 Å². The Labute approximate surface area is 154 Å². The van der Waals surface area contributed by atoms with Gasteiger partial charge in [0.2, 0.25) is 0 Å². The molecule has 0 radical (unpaired) electrons. The second kappa shape index (κ2) is 8.19. The minimum Gasteiger partial charge on any atom is -0.385 e. The van der Waals surface area contributed by atoms with Crippen molar-refractivity contribution in [1.29, 1.82) is 0 Å². The number of carbonyl (C=O) groups excluding carboxylic acids is 1. The Hall–Kier alpha value is -2.59. The predicted molar refractivity (Wildman–Crippen MR) is 106 cm³/mol. The van der Waals surface area contributed by atoms with Crippen LogP contribution in [0.3, 0.4) is 0 Å². The molecule has 0 atom stereocenters. The van der Waals surface area contributed by atoms with Gasteiger partial charge in [-0.15, -0.1) is 0 Å². The fourth-order valence-electron chi connectivity index (χ4n) is 3.28. The molecular formula is C22H26N2O2. The van der Waals surface area contributed by atoms with E-state index in [2.05, 4.69) is 54.1 Å². The number of rotatable bonds is 7. The third kappa shape index (κ3) is 3.81. The zero-order valence-corrected chi connectivity index (χ0v) is 15.7. The van der Waals surface area contributed by atoms with Crippen LogP contribution in [0.4, 0.5) is 0 Å². The van der Waals surface area contributed by atoms with Crippen molar-refractivity contribution in [1.82, 2.24) is 9.88 Å². The van der Waals surface area contributed by atoms with Gasteiger partial charge in [-0.05, 0) is 49.6 Å². The maximum absolute atomic E-state index is 12.4. The van der Waals surface area contributed by atoms with Gasteiger partial charge in [-0.1, -0.05) is 30.3 Å². The van der Waals surface area contributed by atoms with E-state index in [-0.39, 0.29) is 5.91 Å². The zero-order valence-electron chi connectivity index (χ0n) is 15.7. The molecule has 1 N–H and O–H groups in total. The molecule has 136 valence electrons. The van der Waals surface area contributed by atoms with Crippen LogP contribution in [0.15, 0.2) is 48.5 Å². The number of nitrogens with one attached hydrogen (secondary N) is 1. The van der Waals surface area contributed by atoms with E-state index in [4.69, 9.17) is 4.74 Å². The van der Waals surface area contributed by atoms with Gasteiger partial charge in [0.05, 0.1) is 0 Å². The van der Waals surface area contributed by atoms with Crippen molar-refractivity contribution < 1.29 is 9.53 Å². The smallest absolute Gasteiger partial charge is 0.251 e. The third-order valence-corrected chi connectivity index (χ3v) is 4.90. The summed E-state index contributed by atoms with van der Waals surface area (Å²) in [7, 11) is 1.67. The lowest BCUT2D eigenvalue weighted by Crippen LogP contribution is -2.25. The summed E-state index contributed by atoms with van der Waals surface area (Å²) < 4.78 is 7.33. The fourth-order valence-corrected chi connectivity index (χ4v) is 3.28. The molecule has 1 amide bonds. The number of amides is 1. The molecule has 0 aliphatic carbocycles. The van der Waals surface area contributed by atoms with E-state index in [1.165, 1.54) is 22.3 Å². The highest BCUT2D eigenvalue weighted by Gasteiger charge is 2.14. The van der Waals surface area contributed by atoms with Crippen molar-refractivity contribution >= 4 is 16.8 Å². The third-order valence-electron chi connectivity index (χ3n) is 4.90. The second-order valence-corrected chi connectivity index (χ2v) is 6.62.